The van der Waals surface area contributed by atoms with Crippen molar-refractivity contribution >= 4 is 6.09 Å². The van der Waals surface area contributed by atoms with Crippen molar-refractivity contribution in [3.63, 3.8) is 0 Å². The number of cyclic esters (lactones) is 1. The highest BCUT2D eigenvalue weighted by atomic mass is 16.6. The van der Waals surface area contributed by atoms with Crippen LogP contribution in [0.4, 0.5) is 4.79 Å². The summed E-state index contributed by atoms with van der Waals surface area (Å²) in [4.78, 5) is 13.2. The van der Waals surface area contributed by atoms with Crippen LogP contribution in [0.25, 0.3) is 0 Å². The molecule has 1 unspecified atom stereocenters. The lowest BCUT2D eigenvalue weighted by atomic mass is 9.84. The molecule has 2 aliphatic rings. The molecule has 1 atom stereocenters. The Morgan fingerprint density at radius 3 is 2.75 bits per heavy atom. The number of hydrogen-bond acceptors (Lipinski definition) is 3. The zero-order valence-electron chi connectivity index (χ0n) is 10.1. The molecule has 16 heavy (non-hydrogen) atoms. The zero-order chi connectivity index (χ0) is 11.4. The lowest BCUT2D eigenvalue weighted by Crippen LogP contribution is -2.45. The lowest BCUT2D eigenvalue weighted by Gasteiger charge is -2.32. The summed E-state index contributed by atoms with van der Waals surface area (Å²) >= 11 is 0. The molecule has 4 heteroatoms. The van der Waals surface area contributed by atoms with Gasteiger partial charge in [0, 0.05) is 12.6 Å². The van der Waals surface area contributed by atoms with Gasteiger partial charge in [0.1, 0.15) is 6.61 Å². The molecule has 1 N–H and O–H groups in total. The number of likely N-dealkylation sites (N-methyl/N-ethyl adjacent to an activating group) is 1. The fourth-order valence-corrected chi connectivity index (χ4v) is 2.84. The third-order valence-electron chi connectivity index (χ3n) is 3.85. The van der Waals surface area contributed by atoms with E-state index in [4.69, 9.17) is 4.74 Å². The van der Waals surface area contributed by atoms with Gasteiger partial charge in [-0.3, -0.25) is 0 Å². The molecule has 4 nitrogen and oxygen atoms in total. The molecule has 0 aromatic carbocycles. The maximum atomic E-state index is 11.4. The second-order valence-electron chi connectivity index (χ2n) is 4.85. The van der Waals surface area contributed by atoms with Gasteiger partial charge in [0.2, 0.25) is 0 Å². The number of amides is 1. The Bertz CT molecular complexity index is 239. The molecule has 1 saturated carbocycles. The van der Waals surface area contributed by atoms with Crippen molar-refractivity contribution in [2.75, 3.05) is 26.7 Å². The summed E-state index contributed by atoms with van der Waals surface area (Å²) < 4.78 is 4.96. The summed E-state index contributed by atoms with van der Waals surface area (Å²) in [5, 5.41) is 3.37. The first-order chi connectivity index (χ1) is 7.81. The summed E-state index contributed by atoms with van der Waals surface area (Å²) in [6, 6.07) is 0.436. The first-order valence-electron chi connectivity index (χ1n) is 6.40. The van der Waals surface area contributed by atoms with Gasteiger partial charge in [-0.25, -0.2) is 4.79 Å². The summed E-state index contributed by atoms with van der Waals surface area (Å²) in [5.41, 5.74) is 0. The summed E-state index contributed by atoms with van der Waals surface area (Å²) in [7, 11) is 2.00. The molecule has 2 rings (SSSR count). The highest BCUT2D eigenvalue weighted by Crippen LogP contribution is 2.27. The standard InChI is InChI=1S/C12H22N2O2/c1-13-11(10-5-3-2-4-6-10)9-14-7-8-16-12(14)15/h10-11,13H,2-9H2,1H3. The lowest BCUT2D eigenvalue weighted by molar-refractivity contribution is 0.150. The molecule has 1 heterocycles. The number of ether oxygens (including phenoxy) is 1. The molecule has 1 aliphatic carbocycles. The molecular formula is C12H22N2O2. The van der Waals surface area contributed by atoms with Crippen molar-refractivity contribution in [2.45, 2.75) is 38.1 Å². The molecule has 92 valence electrons. The molecule has 0 aromatic rings. The Morgan fingerprint density at radius 2 is 2.19 bits per heavy atom. The van der Waals surface area contributed by atoms with Crippen LogP contribution in [-0.2, 0) is 4.74 Å². The molecule has 1 amide bonds. The predicted octanol–water partition coefficient (Wildman–Crippen LogP) is 1.61. The van der Waals surface area contributed by atoms with E-state index in [1.54, 1.807) is 0 Å². The molecule has 0 bridgehead atoms. The van der Waals surface area contributed by atoms with Gasteiger partial charge < -0.3 is 15.0 Å². The second-order valence-corrected chi connectivity index (χ2v) is 4.85. The van der Waals surface area contributed by atoms with Crippen molar-refractivity contribution in [3.05, 3.63) is 0 Å². The van der Waals surface area contributed by atoms with Crippen LogP contribution in [0, 0.1) is 5.92 Å². The van der Waals surface area contributed by atoms with Gasteiger partial charge in [-0.2, -0.15) is 0 Å². The van der Waals surface area contributed by atoms with Gasteiger partial charge in [-0.15, -0.1) is 0 Å². The van der Waals surface area contributed by atoms with E-state index in [0.717, 1.165) is 19.0 Å². The fourth-order valence-electron chi connectivity index (χ4n) is 2.84. The molecule has 0 spiro atoms. The van der Waals surface area contributed by atoms with Gasteiger partial charge in [-0.05, 0) is 25.8 Å². The predicted molar refractivity (Wildman–Crippen MR) is 62.3 cm³/mol. The van der Waals surface area contributed by atoms with Gasteiger partial charge in [0.25, 0.3) is 0 Å². The fraction of sp³-hybridized carbons (Fsp3) is 0.917. The number of hydrogen-bond donors (Lipinski definition) is 1. The molecular weight excluding hydrogens is 204 g/mol. The van der Waals surface area contributed by atoms with Crippen LogP contribution in [0.1, 0.15) is 32.1 Å². The van der Waals surface area contributed by atoms with Crippen molar-refractivity contribution in [1.29, 1.82) is 0 Å². The summed E-state index contributed by atoms with van der Waals surface area (Å²) in [6.07, 6.45) is 6.51. The smallest absolute Gasteiger partial charge is 0.409 e. The van der Waals surface area contributed by atoms with Crippen molar-refractivity contribution in [1.82, 2.24) is 10.2 Å². The maximum absolute atomic E-state index is 11.4. The van der Waals surface area contributed by atoms with Crippen LogP contribution >= 0.6 is 0 Å². The Hall–Kier alpha value is -0.770. The maximum Gasteiger partial charge on any atom is 0.409 e. The third-order valence-corrected chi connectivity index (χ3v) is 3.85. The van der Waals surface area contributed by atoms with Crippen molar-refractivity contribution in [3.8, 4) is 0 Å². The van der Waals surface area contributed by atoms with Gasteiger partial charge in [-0.1, -0.05) is 19.3 Å². The largest absolute Gasteiger partial charge is 0.448 e. The first-order valence-corrected chi connectivity index (χ1v) is 6.40. The Kier molecular flexibility index (Phi) is 4.04. The number of carbonyl (C=O) groups is 1. The third kappa shape index (κ3) is 2.67. The van der Waals surface area contributed by atoms with Gasteiger partial charge in [0.05, 0.1) is 6.54 Å². The Morgan fingerprint density at radius 1 is 1.44 bits per heavy atom. The van der Waals surface area contributed by atoms with E-state index < -0.39 is 0 Å². The van der Waals surface area contributed by atoms with Crippen molar-refractivity contribution in [2.24, 2.45) is 5.92 Å². The molecule has 1 saturated heterocycles. The summed E-state index contributed by atoms with van der Waals surface area (Å²) in [6.45, 7) is 2.11. The SMILES string of the molecule is CNC(CN1CCOC1=O)C1CCCCC1. The van der Waals surface area contributed by atoms with Gasteiger partial charge in [0.15, 0.2) is 0 Å². The highest BCUT2D eigenvalue weighted by molar-refractivity contribution is 5.69. The van der Waals surface area contributed by atoms with E-state index in [-0.39, 0.29) is 6.09 Å². The van der Waals surface area contributed by atoms with Crippen LogP contribution in [0.3, 0.4) is 0 Å². The van der Waals surface area contributed by atoms with Crippen LogP contribution < -0.4 is 5.32 Å². The highest BCUT2D eigenvalue weighted by Gasteiger charge is 2.29. The Balaban J connectivity index is 1.86. The zero-order valence-corrected chi connectivity index (χ0v) is 10.1. The van der Waals surface area contributed by atoms with E-state index in [1.165, 1.54) is 32.1 Å². The van der Waals surface area contributed by atoms with Crippen molar-refractivity contribution < 1.29 is 9.53 Å². The first kappa shape index (κ1) is 11.7. The molecule has 1 aliphatic heterocycles. The Labute approximate surface area is 97.3 Å². The van der Waals surface area contributed by atoms with Gasteiger partial charge >= 0.3 is 6.09 Å². The number of nitrogens with zero attached hydrogens (tertiary/aromatic N) is 1. The molecule has 0 radical (unpaired) electrons. The number of nitrogens with one attached hydrogen (secondary N) is 1. The molecule has 0 aromatic heterocycles. The topological polar surface area (TPSA) is 41.6 Å². The number of rotatable bonds is 4. The quantitative estimate of drug-likeness (QED) is 0.791. The normalized spacial score (nSPS) is 24.6. The number of carbonyl (C=O) groups excluding carboxylic acids is 1. The van der Waals surface area contributed by atoms with E-state index in [0.29, 0.717) is 12.6 Å². The summed E-state index contributed by atoms with van der Waals surface area (Å²) in [5.74, 6) is 0.729. The average molecular weight is 226 g/mol. The molecule has 2 fully saturated rings. The minimum atomic E-state index is -0.143. The minimum absolute atomic E-state index is 0.143. The van der Waals surface area contributed by atoms with Crippen LogP contribution in [0.15, 0.2) is 0 Å². The van der Waals surface area contributed by atoms with E-state index in [9.17, 15) is 4.79 Å². The minimum Gasteiger partial charge on any atom is -0.448 e. The monoisotopic (exact) mass is 226 g/mol. The second kappa shape index (κ2) is 5.53. The van der Waals surface area contributed by atoms with E-state index in [2.05, 4.69) is 5.32 Å². The van der Waals surface area contributed by atoms with E-state index in [1.807, 2.05) is 11.9 Å². The van der Waals surface area contributed by atoms with Crippen LogP contribution in [-0.4, -0.2) is 43.8 Å². The van der Waals surface area contributed by atoms with Crippen LogP contribution in [0.2, 0.25) is 0 Å². The average Bonchev–Trinajstić information content (AvgIpc) is 2.73. The van der Waals surface area contributed by atoms with Crippen LogP contribution in [0.5, 0.6) is 0 Å². The van der Waals surface area contributed by atoms with E-state index >= 15 is 0 Å².